The third-order valence-corrected chi connectivity index (χ3v) is 4.26. The Balaban J connectivity index is 0.00000133. The van der Waals surface area contributed by atoms with E-state index in [0.717, 1.165) is 37.1 Å². The van der Waals surface area contributed by atoms with Crippen molar-refractivity contribution in [3.63, 3.8) is 0 Å². The van der Waals surface area contributed by atoms with Crippen molar-refractivity contribution in [2.75, 3.05) is 13.1 Å². The van der Waals surface area contributed by atoms with E-state index in [9.17, 15) is 4.79 Å². The molecule has 1 aromatic rings. The van der Waals surface area contributed by atoms with Gasteiger partial charge in [-0.1, -0.05) is 18.2 Å². The molecule has 0 radical (unpaired) electrons. The van der Waals surface area contributed by atoms with Crippen LogP contribution in [0.1, 0.15) is 35.2 Å². The number of amides is 1. The lowest BCUT2D eigenvalue weighted by Gasteiger charge is -2.28. The van der Waals surface area contributed by atoms with E-state index in [2.05, 4.69) is 10.2 Å². The molecule has 2 aliphatic heterocycles. The summed E-state index contributed by atoms with van der Waals surface area (Å²) in [5.41, 5.74) is 1.95. The van der Waals surface area contributed by atoms with E-state index in [0.29, 0.717) is 12.1 Å². The Morgan fingerprint density at radius 1 is 1.21 bits per heavy atom. The Morgan fingerprint density at radius 2 is 1.95 bits per heavy atom. The summed E-state index contributed by atoms with van der Waals surface area (Å²) in [6.07, 6.45) is 3.41. The number of nitrogens with one attached hydrogen (secondary N) is 1. The summed E-state index contributed by atoms with van der Waals surface area (Å²) in [6, 6.07) is 8.76. The number of carbonyl (C=O) groups excluding carboxylic acids is 1. The Labute approximate surface area is 120 Å². The van der Waals surface area contributed by atoms with Crippen LogP contribution in [0.15, 0.2) is 24.3 Å². The minimum atomic E-state index is 0. The van der Waals surface area contributed by atoms with Crippen LogP contribution in [0.3, 0.4) is 0 Å². The SMILES string of the molecule is Cc1ccccc1C(=O)N1C2CCNCC1CC2.Cl. The number of halogens is 1. The number of nitrogens with zero attached hydrogens (tertiary/aromatic N) is 1. The zero-order chi connectivity index (χ0) is 12.5. The molecule has 2 atom stereocenters. The molecule has 3 rings (SSSR count). The van der Waals surface area contributed by atoms with Gasteiger partial charge in [-0.2, -0.15) is 0 Å². The Morgan fingerprint density at radius 3 is 2.74 bits per heavy atom. The highest BCUT2D eigenvalue weighted by Gasteiger charge is 2.38. The zero-order valence-electron chi connectivity index (χ0n) is 11.3. The van der Waals surface area contributed by atoms with Gasteiger partial charge in [-0.15, -0.1) is 12.4 Å². The van der Waals surface area contributed by atoms with Gasteiger partial charge in [-0.25, -0.2) is 0 Å². The lowest BCUT2D eigenvalue weighted by atomic mass is 10.1. The minimum absolute atomic E-state index is 0. The van der Waals surface area contributed by atoms with Crippen LogP contribution in [0.4, 0.5) is 0 Å². The lowest BCUT2D eigenvalue weighted by molar-refractivity contribution is 0.0679. The topological polar surface area (TPSA) is 32.3 Å². The molecule has 4 heteroatoms. The summed E-state index contributed by atoms with van der Waals surface area (Å²) in [4.78, 5) is 14.9. The van der Waals surface area contributed by atoms with Crippen molar-refractivity contribution in [1.82, 2.24) is 10.2 Å². The molecule has 2 fully saturated rings. The molecule has 2 aliphatic rings. The van der Waals surface area contributed by atoms with Crippen LogP contribution >= 0.6 is 12.4 Å². The average molecular weight is 281 g/mol. The first-order chi connectivity index (χ1) is 8.77. The maximum Gasteiger partial charge on any atom is 0.254 e. The number of hydrogen-bond donors (Lipinski definition) is 1. The van der Waals surface area contributed by atoms with Gasteiger partial charge in [0.05, 0.1) is 0 Å². The van der Waals surface area contributed by atoms with Crippen molar-refractivity contribution < 1.29 is 4.79 Å². The second-order valence-corrected chi connectivity index (χ2v) is 5.41. The van der Waals surface area contributed by atoms with E-state index in [-0.39, 0.29) is 18.3 Å². The van der Waals surface area contributed by atoms with Gasteiger partial charge in [0.1, 0.15) is 0 Å². The Hall–Kier alpha value is -1.06. The van der Waals surface area contributed by atoms with Crippen LogP contribution < -0.4 is 5.32 Å². The molecule has 3 nitrogen and oxygen atoms in total. The number of benzene rings is 1. The molecule has 19 heavy (non-hydrogen) atoms. The van der Waals surface area contributed by atoms with Gasteiger partial charge in [0.2, 0.25) is 0 Å². The van der Waals surface area contributed by atoms with E-state index in [4.69, 9.17) is 0 Å². The fourth-order valence-corrected chi connectivity index (χ4v) is 3.27. The van der Waals surface area contributed by atoms with Crippen LogP contribution in [0.25, 0.3) is 0 Å². The summed E-state index contributed by atoms with van der Waals surface area (Å²) in [5, 5.41) is 3.44. The smallest absolute Gasteiger partial charge is 0.254 e. The minimum Gasteiger partial charge on any atom is -0.331 e. The van der Waals surface area contributed by atoms with Gasteiger partial charge >= 0.3 is 0 Å². The summed E-state index contributed by atoms with van der Waals surface area (Å²) in [5.74, 6) is 0.226. The van der Waals surface area contributed by atoms with E-state index in [1.54, 1.807) is 0 Å². The molecule has 2 unspecified atom stereocenters. The number of rotatable bonds is 1. The van der Waals surface area contributed by atoms with Crippen molar-refractivity contribution in [2.45, 2.75) is 38.3 Å². The monoisotopic (exact) mass is 280 g/mol. The predicted molar refractivity (Wildman–Crippen MR) is 78.9 cm³/mol. The molecule has 0 saturated carbocycles. The van der Waals surface area contributed by atoms with Crippen molar-refractivity contribution in [2.24, 2.45) is 0 Å². The number of aryl methyl sites for hydroxylation is 1. The predicted octanol–water partition coefficient (Wildman–Crippen LogP) is 2.38. The second kappa shape index (κ2) is 5.93. The van der Waals surface area contributed by atoms with Crippen molar-refractivity contribution in [3.8, 4) is 0 Å². The van der Waals surface area contributed by atoms with Gasteiger partial charge in [0.15, 0.2) is 0 Å². The highest BCUT2D eigenvalue weighted by molar-refractivity contribution is 5.96. The fraction of sp³-hybridized carbons (Fsp3) is 0.533. The Bertz CT molecular complexity index is 449. The molecule has 1 aromatic carbocycles. The molecular weight excluding hydrogens is 260 g/mol. The first-order valence-corrected chi connectivity index (χ1v) is 6.86. The third kappa shape index (κ3) is 2.63. The van der Waals surface area contributed by atoms with Crippen LogP contribution in [0.2, 0.25) is 0 Å². The summed E-state index contributed by atoms with van der Waals surface area (Å²) in [7, 11) is 0. The average Bonchev–Trinajstić information content (AvgIpc) is 2.62. The van der Waals surface area contributed by atoms with E-state index >= 15 is 0 Å². The second-order valence-electron chi connectivity index (χ2n) is 5.41. The van der Waals surface area contributed by atoms with E-state index in [1.165, 1.54) is 6.42 Å². The van der Waals surface area contributed by atoms with Crippen LogP contribution in [0, 0.1) is 6.92 Å². The number of fused-ring (bicyclic) bond motifs is 2. The molecule has 0 spiro atoms. The maximum atomic E-state index is 12.7. The zero-order valence-corrected chi connectivity index (χ0v) is 12.1. The van der Waals surface area contributed by atoms with Crippen molar-refractivity contribution in [3.05, 3.63) is 35.4 Å². The van der Waals surface area contributed by atoms with Gasteiger partial charge < -0.3 is 10.2 Å². The first-order valence-electron chi connectivity index (χ1n) is 6.86. The van der Waals surface area contributed by atoms with Crippen LogP contribution in [-0.2, 0) is 0 Å². The van der Waals surface area contributed by atoms with Gasteiger partial charge in [0.25, 0.3) is 5.91 Å². The fourth-order valence-electron chi connectivity index (χ4n) is 3.27. The summed E-state index contributed by atoms with van der Waals surface area (Å²) < 4.78 is 0. The molecule has 2 bridgehead atoms. The normalized spacial score (nSPS) is 25.6. The van der Waals surface area contributed by atoms with E-state index < -0.39 is 0 Å². The van der Waals surface area contributed by atoms with Gasteiger partial charge in [-0.05, 0) is 44.4 Å². The molecule has 2 saturated heterocycles. The van der Waals surface area contributed by atoms with Gasteiger partial charge in [0, 0.05) is 24.2 Å². The molecule has 0 aromatic heterocycles. The standard InChI is InChI=1S/C15H20N2O.ClH/c1-11-4-2-3-5-14(11)15(18)17-12-6-7-13(17)10-16-9-8-12;/h2-5,12-13,16H,6-10H2,1H3;1H. The quantitative estimate of drug-likeness (QED) is 0.857. The third-order valence-electron chi connectivity index (χ3n) is 4.26. The largest absolute Gasteiger partial charge is 0.331 e. The van der Waals surface area contributed by atoms with Crippen molar-refractivity contribution in [1.29, 1.82) is 0 Å². The lowest BCUT2D eigenvalue weighted by Crippen LogP contribution is -2.42. The molecule has 1 amide bonds. The molecule has 0 aliphatic carbocycles. The summed E-state index contributed by atoms with van der Waals surface area (Å²) >= 11 is 0. The highest BCUT2D eigenvalue weighted by atomic mass is 35.5. The maximum absolute atomic E-state index is 12.7. The molecule has 1 N–H and O–H groups in total. The molecular formula is C15H21ClN2O. The highest BCUT2D eigenvalue weighted by Crippen LogP contribution is 2.30. The van der Waals surface area contributed by atoms with Crippen molar-refractivity contribution >= 4 is 18.3 Å². The summed E-state index contributed by atoms with van der Waals surface area (Å²) in [6.45, 7) is 4.01. The van der Waals surface area contributed by atoms with Crippen LogP contribution in [0.5, 0.6) is 0 Å². The van der Waals surface area contributed by atoms with Gasteiger partial charge in [-0.3, -0.25) is 4.79 Å². The number of carbonyl (C=O) groups is 1. The van der Waals surface area contributed by atoms with Crippen LogP contribution in [-0.4, -0.2) is 36.0 Å². The molecule has 2 heterocycles. The Kier molecular flexibility index (Phi) is 4.48. The molecule has 104 valence electrons. The number of hydrogen-bond acceptors (Lipinski definition) is 2. The van der Waals surface area contributed by atoms with E-state index in [1.807, 2.05) is 31.2 Å². The first kappa shape index (κ1) is 14.4.